The highest BCUT2D eigenvalue weighted by molar-refractivity contribution is 5.94. The maximum atomic E-state index is 11.1. The van der Waals surface area contributed by atoms with Gasteiger partial charge in [-0.3, -0.25) is 9.48 Å². The van der Waals surface area contributed by atoms with Crippen LogP contribution in [0.4, 0.5) is 0 Å². The topological polar surface area (TPSA) is 85.8 Å². The number of carboxylic acid groups (broad SMARTS) is 1. The van der Waals surface area contributed by atoms with Gasteiger partial charge in [0.05, 0.1) is 16.8 Å². The van der Waals surface area contributed by atoms with Crippen molar-refractivity contribution in [3.63, 3.8) is 0 Å². The number of rotatable bonds is 5. The summed E-state index contributed by atoms with van der Waals surface area (Å²) in [5.41, 5.74) is 3.42. The first-order valence-electron chi connectivity index (χ1n) is 7.78. The van der Waals surface area contributed by atoms with Gasteiger partial charge in [0.1, 0.15) is 6.54 Å². The summed E-state index contributed by atoms with van der Waals surface area (Å²) >= 11 is 0. The van der Waals surface area contributed by atoms with Crippen LogP contribution in [-0.4, -0.2) is 35.6 Å². The molecule has 1 fully saturated rings. The summed E-state index contributed by atoms with van der Waals surface area (Å²) in [7, 11) is 0. The zero-order chi connectivity index (χ0) is 16.0. The third-order valence-electron chi connectivity index (χ3n) is 4.15. The molecule has 0 amide bonds. The lowest BCUT2D eigenvalue weighted by Crippen LogP contribution is -2.10. The Hall–Kier alpha value is -2.70. The first kappa shape index (κ1) is 13.9. The van der Waals surface area contributed by atoms with Crippen molar-refractivity contribution in [1.29, 1.82) is 0 Å². The summed E-state index contributed by atoms with van der Waals surface area (Å²) in [5.74, 6) is -0.511. The van der Waals surface area contributed by atoms with Crippen LogP contribution in [0.1, 0.15) is 31.4 Å². The van der Waals surface area contributed by atoms with Gasteiger partial charge in [-0.1, -0.05) is 0 Å². The van der Waals surface area contributed by atoms with E-state index in [9.17, 15) is 4.79 Å². The Balaban J connectivity index is 1.94. The first-order valence-corrected chi connectivity index (χ1v) is 7.78. The number of fused-ring (bicyclic) bond motifs is 1. The third kappa shape index (κ3) is 2.38. The van der Waals surface area contributed by atoms with Gasteiger partial charge in [-0.15, -0.1) is 0 Å². The van der Waals surface area contributed by atoms with E-state index in [0.717, 1.165) is 41.7 Å². The van der Waals surface area contributed by atoms with E-state index >= 15 is 0 Å². The zero-order valence-electron chi connectivity index (χ0n) is 12.8. The Labute approximate surface area is 132 Å². The second kappa shape index (κ2) is 5.19. The van der Waals surface area contributed by atoms with Crippen molar-refractivity contribution in [2.45, 2.75) is 38.8 Å². The second-order valence-electron chi connectivity index (χ2n) is 5.82. The van der Waals surface area contributed by atoms with Crippen molar-refractivity contribution < 1.29 is 9.90 Å². The number of aromatic nitrogens is 5. The van der Waals surface area contributed by atoms with E-state index in [1.54, 1.807) is 6.20 Å². The van der Waals surface area contributed by atoms with Crippen molar-refractivity contribution in [1.82, 2.24) is 24.5 Å². The molecule has 1 N–H and O–H groups in total. The number of carboxylic acids is 1. The van der Waals surface area contributed by atoms with Gasteiger partial charge in [-0.05, 0) is 31.9 Å². The Morgan fingerprint density at radius 2 is 2.17 bits per heavy atom. The number of hydrogen-bond donors (Lipinski definition) is 1. The van der Waals surface area contributed by atoms with Gasteiger partial charge in [0.2, 0.25) is 0 Å². The summed E-state index contributed by atoms with van der Waals surface area (Å²) in [4.78, 5) is 15.5. The smallest absolute Gasteiger partial charge is 0.325 e. The predicted molar refractivity (Wildman–Crippen MR) is 84.0 cm³/mol. The molecule has 0 unspecified atom stereocenters. The van der Waals surface area contributed by atoms with Crippen LogP contribution >= 0.6 is 0 Å². The van der Waals surface area contributed by atoms with Gasteiger partial charge in [0.15, 0.2) is 5.65 Å². The summed E-state index contributed by atoms with van der Waals surface area (Å²) in [6, 6.07) is 3.91. The highest BCUT2D eigenvalue weighted by Gasteiger charge is 2.31. The molecule has 0 radical (unpaired) electrons. The van der Waals surface area contributed by atoms with Crippen molar-refractivity contribution in [3.8, 4) is 11.3 Å². The normalized spacial score (nSPS) is 14.5. The van der Waals surface area contributed by atoms with Gasteiger partial charge in [0.25, 0.3) is 0 Å². The maximum absolute atomic E-state index is 11.1. The monoisotopic (exact) mass is 311 g/mol. The Bertz CT molecular complexity index is 891. The molecule has 0 atom stereocenters. The number of pyridine rings is 1. The minimum Gasteiger partial charge on any atom is -0.480 e. The third-order valence-corrected chi connectivity index (χ3v) is 4.15. The van der Waals surface area contributed by atoms with Crippen LogP contribution in [0.25, 0.3) is 22.3 Å². The highest BCUT2D eigenvalue weighted by atomic mass is 16.4. The van der Waals surface area contributed by atoms with Crippen LogP contribution in [0.2, 0.25) is 0 Å². The fourth-order valence-electron chi connectivity index (χ4n) is 2.90. The van der Waals surface area contributed by atoms with E-state index in [2.05, 4.69) is 15.2 Å². The van der Waals surface area contributed by atoms with Crippen LogP contribution < -0.4 is 0 Å². The SMILES string of the molecule is CCn1ccc(-c2ccnc3c2c(C2CC2)nn3CC(=O)O)n1. The lowest BCUT2D eigenvalue weighted by molar-refractivity contribution is -0.137. The van der Waals surface area contributed by atoms with Gasteiger partial charge in [-0.2, -0.15) is 10.2 Å². The molecule has 3 heterocycles. The minimum absolute atomic E-state index is 0.178. The van der Waals surface area contributed by atoms with E-state index in [-0.39, 0.29) is 6.54 Å². The molecule has 1 saturated carbocycles. The quantitative estimate of drug-likeness (QED) is 0.781. The van der Waals surface area contributed by atoms with E-state index in [0.29, 0.717) is 11.6 Å². The fraction of sp³-hybridized carbons (Fsp3) is 0.375. The zero-order valence-corrected chi connectivity index (χ0v) is 12.8. The molecule has 118 valence electrons. The molecule has 0 spiro atoms. The summed E-state index contributed by atoms with van der Waals surface area (Å²) < 4.78 is 3.37. The molecule has 23 heavy (non-hydrogen) atoms. The first-order chi connectivity index (χ1) is 11.2. The molecule has 3 aromatic heterocycles. The largest absolute Gasteiger partial charge is 0.480 e. The lowest BCUT2D eigenvalue weighted by Gasteiger charge is -2.02. The van der Waals surface area contributed by atoms with Crippen LogP contribution in [0.15, 0.2) is 24.5 Å². The van der Waals surface area contributed by atoms with E-state index in [4.69, 9.17) is 5.11 Å². The van der Waals surface area contributed by atoms with Crippen LogP contribution in [0.5, 0.6) is 0 Å². The summed E-state index contributed by atoms with van der Waals surface area (Å²) in [5, 5.41) is 19.2. The molecular formula is C16H17N5O2. The Kier molecular flexibility index (Phi) is 3.14. The lowest BCUT2D eigenvalue weighted by atomic mass is 10.1. The number of aryl methyl sites for hydroxylation is 1. The van der Waals surface area contributed by atoms with E-state index in [1.807, 2.05) is 29.9 Å². The van der Waals surface area contributed by atoms with Gasteiger partial charge < -0.3 is 5.11 Å². The van der Waals surface area contributed by atoms with Crippen molar-refractivity contribution in [2.75, 3.05) is 0 Å². The second-order valence-corrected chi connectivity index (χ2v) is 5.82. The minimum atomic E-state index is -0.917. The molecule has 1 aliphatic rings. The highest BCUT2D eigenvalue weighted by Crippen LogP contribution is 2.44. The molecule has 0 aliphatic heterocycles. The van der Waals surface area contributed by atoms with Gasteiger partial charge >= 0.3 is 5.97 Å². The van der Waals surface area contributed by atoms with Crippen LogP contribution in [-0.2, 0) is 17.9 Å². The number of nitrogens with zero attached hydrogens (tertiary/aromatic N) is 5. The molecule has 3 aromatic rings. The number of aliphatic carboxylic acids is 1. The fourth-order valence-corrected chi connectivity index (χ4v) is 2.90. The standard InChI is InChI=1S/C16H17N5O2/c1-2-20-8-6-12(18-20)11-5-7-17-16-14(11)15(10-3-4-10)19-21(16)9-13(22)23/h5-8,10H,2-4,9H2,1H3,(H,22,23). The molecule has 4 rings (SSSR count). The summed E-state index contributed by atoms with van der Waals surface area (Å²) in [6.07, 6.45) is 5.83. The molecule has 7 heteroatoms. The van der Waals surface area contributed by atoms with Crippen molar-refractivity contribution in [2.24, 2.45) is 0 Å². The molecular weight excluding hydrogens is 294 g/mol. The van der Waals surface area contributed by atoms with E-state index < -0.39 is 5.97 Å². The molecule has 0 bridgehead atoms. The number of hydrogen-bond acceptors (Lipinski definition) is 4. The molecule has 0 aromatic carbocycles. The molecule has 0 saturated heterocycles. The summed E-state index contributed by atoms with van der Waals surface area (Å²) in [6.45, 7) is 2.67. The number of carbonyl (C=O) groups is 1. The molecule has 7 nitrogen and oxygen atoms in total. The molecule has 1 aliphatic carbocycles. The van der Waals surface area contributed by atoms with Crippen LogP contribution in [0.3, 0.4) is 0 Å². The predicted octanol–water partition coefficient (Wildman–Crippen LogP) is 2.28. The average Bonchev–Trinajstić information content (AvgIpc) is 3.16. The van der Waals surface area contributed by atoms with Crippen molar-refractivity contribution in [3.05, 3.63) is 30.2 Å². The van der Waals surface area contributed by atoms with Gasteiger partial charge in [-0.25, -0.2) is 9.67 Å². The van der Waals surface area contributed by atoms with Gasteiger partial charge in [0, 0.05) is 30.4 Å². The van der Waals surface area contributed by atoms with Crippen LogP contribution in [0, 0.1) is 0 Å². The maximum Gasteiger partial charge on any atom is 0.325 e. The Morgan fingerprint density at radius 3 is 2.83 bits per heavy atom. The average molecular weight is 311 g/mol. The van der Waals surface area contributed by atoms with E-state index in [1.165, 1.54) is 4.68 Å². The van der Waals surface area contributed by atoms with Crippen molar-refractivity contribution >= 4 is 17.0 Å². The Morgan fingerprint density at radius 1 is 1.35 bits per heavy atom.